The number of rotatable bonds is 0. The molecule has 0 aliphatic carbocycles. The number of allylic oxidation sites excluding steroid dienone is 1. The highest BCUT2D eigenvalue weighted by atomic mass is 14.7. The highest BCUT2D eigenvalue weighted by Gasteiger charge is 2.03. The van der Waals surface area contributed by atoms with Crippen molar-refractivity contribution in [2.24, 2.45) is 4.99 Å². The van der Waals surface area contributed by atoms with E-state index in [-0.39, 0.29) is 0 Å². The molecule has 0 amide bonds. The Morgan fingerprint density at radius 2 is 2.57 bits per heavy atom. The molecular formula is C4H7B2N. The van der Waals surface area contributed by atoms with Crippen molar-refractivity contribution < 1.29 is 0 Å². The third kappa shape index (κ3) is 0.952. The predicted molar refractivity (Wildman–Crippen MR) is 36.5 cm³/mol. The molecule has 1 heterocycles. The second-order valence-corrected chi connectivity index (χ2v) is 1.95. The second kappa shape index (κ2) is 1.57. The lowest BCUT2D eigenvalue weighted by Gasteiger charge is -1.76. The van der Waals surface area contributed by atoms with Crippen molar-refractivity contribution in [2.75, 3.05) is 0 Å². The summed E-state index contributed by atoms with van der Waals surface area (Å²) in [5, 5.41) is 0. The maximum Gasteiger partial charge on any atom is 0.177 e. The van der Waals surface area contributed by atoms with Crippen molar-refractivity contribution >= 4 is 20.5 Å². The van der Waals surface area contributed by atoms with Crippen molar-refractivity contribution in [3.8, 4) is 0 Å². The van der Waals surface area contributed by atoms with E-state index in [0.29, 0.717) is 6.60 Å². The molecule has 0 unspecified atom stereocenters. The summed E-state index contributed by atoms with van der Waals surface area (Å²) in [4.78, 5) is 4.05. The molecule has 7 heavy (non-hydrogen) atoms. The van der Waals surface area contributed by atoms with Gasteiger partial charge in [-0.15, -0.1) is 0 Å². The van der Waals surface area contributed by atoms with Crippen LogP contribution in [-0.2, 0) is 0 Å². The first-order chi connectivity index (χ1) is 3.29. The topological polar surface area (TPSA) is 12.4 Å². The van der Waals surface area contributed by atoms with Gasteiger partial charge in [0.15, 0.2) is 6.60 Å². The lowest BCUT2D eigenvalue weighted by Crippen LogP contribution is -2.07. The predicted octanol–water partition coefficient (Wildman–Crippen LogP) is -0.322. The molecule has 1 rings (SSSR count). The summed E-state index contributed by atoms with van der Waals surface area (Å²) >= 11 is 0. The zero-order valence-electron chi connectivity index (χ0n) is 4.68. The third-order valence-corrected chi connectivity index (χ3v) is 1.02. The molecule has 1 nitrogen and oxygen atoms in total. The summed E-state index contributed by atoms with van der Waals surface area (Å²) in [5.41, 5.74) is 1.15. The van der Waals surface area contributed by atoms with E-state index in [1.807, 2.05) is 13.0 Å². The maximum absolute atomic E-state index is 4.05. The highest BCUT2D eigenvalue weighted by molar-refractivity contribution is 7.21. The van der Waals surface area contributed by atoms with Crippen LogP contribution in [0.15, 0.2) is 16.7 Å². The molecule has 0 aromatic heterocycles. The third-order valence-electron chi connectivity index (χ3n) is 1.02. The summed E-state index contributed by atoms with van der Waals surface area (Å²) in [6.45, 7) is 2.58. The Hall–Kier alpha value is -0.460. The number of aliphatic imine (C=N–C) groups is 1. The van der Waals surface area contributed by atoms with Gasteiger partial charge in [-0.3, -0.25) is 4.99 Å². The minimum Gasteiger partial charge on any atom is -0.277 e. The van der Waals surface area contributed by atoms with E-state index in [1.54, 1.807) is 0 Å². The summed E-state index contributed by atoms with van der Waals surface area (Å²) in [6, 6.07) is 0. The van der Waals surface area contributed by atoms with E-state index < -0.39 is 0 Å². The highest BCUT2D eigenvalue weighted by Crippen LogP contribution is 1.99. The standard InChI is InChI=1S/C4H7B2N/c1-4-2-6(5)3-7-4/h2-3H,5H2,1H3. The molecule has 0 atom stereocenters. The average molecular weight is 90.7 g/mol. The molecule has 3 heteroatoms. The molecule has 34 valence electrons. The van der Waals surface area contributed by atoms with Crippen molar-refractivity contribution in [3.63, 3.8) is 0 Å². The minimum atomic E-state index is 0.569. The summed E-state index contributed by atoms with van der Waals surface area (Å²) in [6.07, 6.45) is 1.95. The molecule has 0 radical (unpaired) electrons. The van der Waals surface area contributed by atoms with Gasteiger partial charge in [0.1, 0.15) is 0 Å². The van der Waals surface area contributed by atoms with Crippen LogP contribution in [0.25, 0.3) is 0 Å². The van der Waals surface area contributed by atoms with E-state index in [2.05, 4.69) is 18.7 Å². The first-order valence-corrected chi connectivity index (χ1v) is 2.51. The Labute approximate surface area is 45.0 Å². The number of hydrogen-bond donors (Lipinski definition) is 0. The van der Waals surface area contributed by atoms with E-state index >= 15 is 0 Å². The van der Waals surface area contributed by atoms with E-state index in [0.717, 1.165) is 5.70 Å². The molecular weight excluding hydrogens is 83.7 g/mol. The fourth-order valence-electron chi connectivity index (χ4n) is 0.702. The van der Waals surface area contributed by atoms with E-state index in [9.17, 15) is 0 Å². The van der Waals surface area contributed by atoms with Gasteiger partial charge in [0.25, 0.3) is 0 Å². The molecule has 0 aromatic rings. The molecule has 1 aliphatic heterocycles. The Morgan fingerprint density at radius 1 is 1.86 bits per heavy atom. The monoisotopic (exact) mass is 91.1 g/mol. The minimum absolute atomic E-state index is 0.569. The molecule has 0 N–H and O–H groups in total. The van der Waals surface area contributed by atoms with Gasteiger partial charge in [0, 0.05) is 5.70 Å². The zero-order chi connectivity index (χ0) is 5.28. The van der Waals surface area contributed by atoms with Crippen LogP contribution >= 0.6 is 0 Å². The Morgan fingerprint density at radius 3 is 2.71 bits per heavy atom. The van der Waals surface area contributed by atoms with Crippen molar-refractivity contribution in [1.29, 1.82) is 0 Å². The Bertz CT molecular complexity index is 128. The molecule has 0 aromatic carbocycles. The van der Waals surface area contributed by atoms with E-state index in [4.69, 9.17) is 0 Å². The van der Waals surface area contributed by atoms with Crippen LogP contribution in [0.3, 0.4) is 0 Å². The van der Waals surface area contributed by atoms with Gasteiger partial charge in [-0.1, -0.05) is 5.98 Å². The quantitative estimate of drug-likeness (QED) is 0.362. The first-order valence-electron chi connectivity index (χ1n) is 2.51. The van der Waals surface area contributed by atoms with Crippen LogP contribution in [0.5, 0.6) is 0 Å². The van der Waals surface area contributed by atoms with Crippen LogP contribution < -0.4 is 0 Å². The molecule has 0 spiro atoms. The van der Waals surface area contributed by atoms with Gasteiger partial charge in [0.2, 0.25) is 0 Å². The zero-order valence-corrected chi connectivity index (χ0v) is 4.68. The van der Waals surface area contributed by atoms with Gasteiger partial charge in [-0.25, -0.2) is 0 Å². The van der Waals surface area contributed by atoms with E-state index in [1.165, 1.54) is 0 Å². The van der Waals surface area contributed by atoms with Crippen LogP contribution in [0.2, 0.25) is 0 Å². The lowest BCUT2D eigenvalue weighted by atomic mass is 9.34. The largest absolute Gasteiger partial charge is 0.277 e. The average Bonchev–Trinajstić information content (AvgIpc) is 1.87. The van der Waals surface area contributed by atoms with Crippen molar-refractivity contribution in [1.82, 2.24) is 0 Å². The Balaban J connectivity index is 2.69. The SMILES string of the molecule is BB1C=NC(C)=C1. The molecule has 1 aliphatic rings. The van der Waals surface area contributed by atoms with Gasteiger partial charge in [-0.2, -0.15) is 0 Å². The molecule has 0 fully saturated rings. The maximum atomic E-state index is 4.05. The van der Waals surface area contributed by atoms with Gasteiger partial charge in [-0.05, 0) is 13.0 Å². The normalized spacial score (nSPS) is 17.9. The number of hydrogen-bond acceptors (Lipinski definition) is 1. The summed E-state index contributed by atoms with van der Waals surface area (Å²) in [5.74, 6) is 2.14. The van der Waals surface area contributed by atoms with Crippen LogP contribution in [0, 0.1) is 0 Å². The van der Waals surface area contributed by atoms with Crippen LogP contribution in [0.1, 0.15) is 6.92 Å². The lowest BCUT2D eigenvalue weighted by molar-refractivity contribution is 1.35. The molecule has 0 saturated carbocycles. The van der Waals surface area contributed by atoms with Crippen LogP contribution in [-0.4, -0.2) is 20.5 Å². The van der Waals surface area contributed by atoms with Gasteiger partial charge in [0.05, 0.1) is 7.74 Å². The summed E-state index contributed by atoms with van der Waals surface area (Å²) < 4.78 is 0. The fourth-order valence-corrected chi connectivity index (χ4v) is 0.702. The van der Waals surface area contributed by atoms with Gasteiger partial charge < -0.3 is 0 Å². The number of nitrogens with zero attached hydrogens (tertiary/aromatic N) is 1. The Kier molecular flexibility index (Phi) is 1.05. The second-order valence-electron chi connectivity index (χ2n) is 1.95. The van der Waals surface area contributed by atoms with Gasteiger partial charge >= 0.3 is 0 Å². The molecule has 0 bridgehead atoms. The summed E-state index contributed by atoms with van der Waals surface area (Å²) in [7, 11) is 2.12. The molecule has 0 saturated heterocycles. The van der Waals surface area contributed by atoms with Crippen molar-refractivity contribution in [2.45, 2.75) is 6.92 Å². The van der Waals surface area contributed by atoms with Crippen LogP contribution in [0.4, 0.5) is 0 Å². The first kappa shape index (κ1) is 4.69. The fraction of sp³-hybridized carbons (Fsp3) is 0.250. The van der Waals surface area contributed by atoms with Crippen molar-refractivity contribution in [3.05, 3.63) is 11.7 Å². The smallest absolute Gasteiger partial charge is 0.177 e.